The van der Waals surface area contributed by atoms with Gasteiger partial charge in [0.1, 0.15) is 23.9 Å². The molecule has 2 aliphatic heterocycles. The van der Waals surface area contributed by atoms with Gasteiger partial charge in [0.05, 0.1) is 23.7 Å². The van der Waals surface area contributed by atoms with Crippen molar-refractivity contribution in [2.75, 3.05) is 32.8 Å². The number of carboxylic acids is 1. The molecule has 53 heavy (non-hydrogen) atoms. The number of piperazine rings is 1. The summed E-state index contributed by atoms with van der Waals surface area (Å²) in [5.74, 6) is -1.95. The van der Waals surface area contributed by atoms with E-state index in [4.69, 9.17) is 9.47 Å². The van der Waals surface area contributed by atoms with Crippen LogP contribution in [0.2, 0.25) is 0 Å². The molecule has 0 aromatic heterocycles. The molecule has 4 atom stereocenters. The molecule has 11 nitrogen and oxygen atoms in total. The van der Waals surface area contributed by atoms with Crippen LogP contribution >= 0.6 is 15.9 Å². The van der Waals surface area contributed by atoms with Crippen LogP contribution in [0.5, 0.6) is 11.5 Å². The van der Waals surface area contributed by atoms with Crippen LogP contribution in [-0.4, -0.2) is 106 Å². The van der Waals surface area contributed by atoms with Crippen molar-refractivity contribution in [3.63, 3.8) is 0 Å². The van der Waals surface area contributed by atoms with Crippen molar-refractivity contribution in [3.8, 4) is 11.5 Å². The first-order valence-corrected chi connectivity index (χ1v) is 18.7. The summed E-state index contributed by atoms with van der Waals surface area (Å²) in [4.78, 5) is 42.4. The van der Waals surface area contributed by atoms with Gasteiger partial charge in [-0.1, -0.05) is 36.4 Å². The Morgan fingerprint density at radius 1 is 0.981 bits per heavy atom. The molecule has 3 aliphatic rings. The minimum Gasteiger partial charge on any atom is -0.492 e. The summed E-state index contributed by atoms with van der Waals surface area (Å²) in [6.45, 7) is 5.30. The van der Waals surface area contributed by atoms with E-state index in [0.29, 0.717) is 48.4 Å². The van der Waals surface area contributed by atoms with Crippen LogP contribution in [0.1, 0.15) is 47.9 Å². The minimum absolute atomic E-state index is 0.0144. The van der Waals surface area contributed by atoms with Gasteiger partial charge in [-0.05, 0) is 114 Å². The van der Waals surface area contributed by atoms with Crippen LogP contribution in [0.4, 0.5) is 4.39 Å². The molecule has 6 rings (SSSR count). The van der Waals surface area contributed by atoms with Gasteiger partial charge in [-0.25, -0.2) is 9.18 Å². The van der Waals surface area contributed by atoms with E-state index in [-0.39, 0.29) is 36.9 Å². The van der Waals surface area contributed by atoms with E-state index < -0.39 is 30.1 Å². The van der Waals surface area contributed by atoms with E-state index in [2.05, 4.69) is 21.2 Å². The number of aliphatic hydroxyl groups is 2. The standard InChI is InChI=1S/C40H45BrFN3O8/c1-23-8-15-29(19-24(23)2)52-18-16-45(28-13-14-28)38(48)34-30(20-27-21-44(22-32(34)43-27)39(49)36(46)37(47)40(50)51)26-11-9-25(10-12-26)5-4-17-53-33-7-3-6-31(42)35(33)41/h3,6-12,15,19,27-28,32,36-37,43,46-47H,4-5,13-14,16-18,20-22H2,1-2H3,(H,50,51)/t27-,32-,36+,37-/m1/s1. The number of halogens is 2. The molecule has 0 spiro atoms. The number of nitrogens with one attached hydrogen (secondary N) is 1. The van der Waals surface area contributed by atoms with Gasteiger partial charge in [-0.3, -0.25) is 9.59 Å². The summed E-state index contributed by atoms with van der Waals surface area (Å²) in [6.07, 6.45) is -0.813. The number of aryl methyl sites for hydroxylation is 3. The number of nitrogens with zero attached hydrogens (tertiary/aromatic N) is 2. The molecule has 2 fully saturated rings. The van der Waals surface area contributed by atoms with Crippen LogP contribution in [0.3, 0.4) is 0 Å². The Morgan fingerprint density at radius 3 is 2.43 bits per heavy atom. The van der Waals surface area contributed by atoms with E-state index >= 15 is 0 Å². The zero-order chi connectivity index (χ0) is 37.8. The van der Waals surface area contributed by atoms with Gasteiger partial charge in [-0.2, -0.15) is 0 Å². The Bertz CT molecular complexity index is 1870. The molecule has 3 aromatic carbocycles. The molecule has 2 heterocycles. The first-order valence-electron chi connectivity index (χ1n) is 17.9. The Morgan fingerprint density at radius 2 is 1.74 bits per heavy atom. The fourth-order valence-electron chi connectivity index (χ4n) is 6.99. The zero-order valence-corrected chi connectivity index (χ0v) is 31.4. The van der Waals surface area contributed by atoms with E-state index in [9.17, 15) is 34.1 Å². The first-order chi connectivity index (χ1) is 25.4. The van der Waals surface area contributed by atoms with Crippen molar-refractivity contribution in [2.45, 2.75) is 76.3 Å². The summed E-state index contributed by atoms with van der Waals surface area (Å²) < 4.78 is 26.0. The monoisotopic (exact) mass is 793 g/mol. The van der Waals surface area contributed by atoms with Crippen molar-refractivity contribution < 1.29 is 43.6 Å². The van der Waals surface area contributed by atoms with Crippen molar-refractivity contribution in [1.29, 1.82) is 0 Å². The van der Waals surface area contributed by atoms with Crippen LogP contribution in [0.25, 0.3) is 5.57 Å². The van der Waals surface area contributed by atoms with Gasteiger partial charge in [0.15, 0.2) is 12.2 Å². The lowest BCUT2D eigenvalue weighted by Gasteiger charge is -2.45. The van der Waals surface area contributed by atoms with E-state index in [0.717, 1.165) is 52.8 Å². The molecule has 2 bridgehead atoms. The number of ether oxygens (including phenoxy) is 2. The topological polar surface area (TPSA) is 149 Å². The number of carbonyl (C=O) groups excluding carboxylic acids is 2. The van der Waals surface area contributed by atoms with E-state index in [1.807, 2.05) is 61.2 Å². The number of hydrogen-bond donors (Lipinski definition) is 4. The second-order valence-corrected chi connectivity index (χ2v) is 14.8. The Labute approximate surface area is 316 Å². The Kier molecular flexibility index (Phi) is 12.2. The maximum atomic E-state index is 14.7. The number of aliphatic carboxylic acids is 1. The molecule has 2 amide bonds. The predicted octanol–water partition coefficient (Wildman–Crippen LogP) is 4.42. The zero-order valence-electron chi connectivity index (χ0n) is 29.8. The third-order valence-corrected chi connectivity index (χ3v) is 10.9. The summed E-state index contributed by atoms with van der Waals surface area (Å²) in [5, 5.41) is 33.0. The highest BCUT2D eigenvalue weighted by Crippen LogP contribution is 2.37. The van der Waals surface area contributed by atoms with Crippen LogP contribution in [-0.2, 0) is 20.8 Å². The number of aliphatic hydroxyl groups excluding tert-OH is 2. The molecule has 0 unspecified atom stereocenters. The molecule has 1 saturated carbocycles. The smallest absolute Gasteiger partial charge is 0.335 e. The van der Waals surface area contributed by atoms with Crippen molar-refractivity contribution in [3.05, 3.63) is 98.8 Å². The summed E-state index contributed by atoms with van der Waals surface area (Å²) in [7, 11) is 0. The molecule has 1 aliphatic carbocycles. The number of amides is 2. The average Bonchev–Trinajstić information content (AvgIpc) is 3.99. The molecule has 13 heteroatoms. The van der Waals surface area contributed by atoms with E-state index in [1.165, 1.54) is 11.0 Å². The summed E-state index contributed by atoms with van der Waals surface area (Å²) in [6, 6.07) is 17.8. The van der Waals surface area contributed by atoms with Crippen LogP contribution < -0.4 is 14.8 Å². The fourth-order valence-corrected chi connectivity index (χ4v) is 7.37. The first kappa shape index (κ1) is 38.4. The Balaban J connectivity index is 1.22. The Hall–Kier alpha value is -4.30. The van der Waals surface area contributed by atoms with Crippen LogP contribution in [0, 0.1) is 19.7 Å². The third kappa shape index (κ3) is 9.09. The highest BCUT2D eigenvalue weighted by molar-refractivity contribution is 9.10. The number of hydrogen-bond acceptors (Lipinski definition) is 8. The van der Waals surface area contributed by atoms with Crippen molar-refractivity contribution in [1.82, 2.24) is 15.1 Å². The summed E-state index contributed by atoms with van der Waals surface area (Å²) >= 11 is 3.23. The fraction of sp³-hybridized carbons (Fsp3) is 0.425. The van der Waals surface area contributed by atoms with Crippen LogP contribution in [0.15, 0.2) is 70.7 Å². The number of fused-ring (bicyclic) bond motifs is 2. The van der Waals surface area contributed by atoms with E-state index in [1.54, 1.807) is 12.1 Å². The second kappa shape index (κ2) is 16.8. The van der Waals surface area contributed by atoms with Gasteiger partial charge in [-0.15, -0.1) is 0 Å². The highest BCUT2D eigenvalue weighted by Gasteiger charge is 2.45. The second-order valence-electron chi connectivity index (χ2n) is 14.0. The lowest BCUT2D eigenvalue weighted by molar-refractivity contribution is -0.163. The molecule has 3 aromatic rings. The van der Waals surface area contributed by atoms with Crippen molar-refractivity contribution in [2.24, 2.45) is 0 Å². The molecule has 282 valence electrons. The van der Waals surface area contributed by atoms with Gasteiger partial charge >= 0.3 is 5.97 Å². The third-order valence-electron chi connectivity index (χ3n) is 10.2. The lowest BCUT2D eigenvalue weighted by atomic mass is 9.82. The lowest BCUT2D eigenvalue weighted by Crippen LogP contribution is -2.64. The number of rotatable bonds is 15. The normalized spacial score (nSPS) is 19.4. The average molecular weight is 795 g/mol. The molecule has 4 N–H and O–H groups in total. The number of benzene rings is 3. The van der Waals surface area contributed by atoms with Gasteiger partial charge in [0, 0.05) is 30.7 Å². The molecule has 1 saturated heterocycles. The number of carboxylic acid groups (broad SMARTS) is 1. The quantitative estimate of drug-likeness (QED) is 0.164. The summed E-state index contributed by atoms with van der Waals surface area (Å²) in [5.41, 5.74) is 5.63. The SMILES string of the molecule is Cc1ccc(OCCN(C(=O)C2=C(c3ccc(CCCOc4cccc(F)c4Br)cc3)C[C@@H]3CN(C(=O)[C@@H](O)[C@@H](O)C(=O)O)C[C@H]2N3)C2CC2)cc1C. The maximum absolute atomic E-state index is 14.7. The van der Waals surface area contributed by atoms with Gasteiger partial charge in [0.2, 0.25) is 0 Å². The molecule has 0 radical (unpaired) electrons. The van der Waals surface area contributed by atoms with Gasteiger partial charge < -0.3 is 39.9 Å². The predicted molar refractivity (Wildman–Crippen MR) is 199 cm³/mol. The van der Waals surface area contributed by atoms with Crippen molar-refractivity contribution >= 4 is 39.3 Å². The minimum atomic E-state index is -2.26. The largest absolute Gasteiger partial charge is 0.492 e. The highest BCUT2D eigenvalue weighted by atomic mass is 79.9. The number of carbonyl (C=O) groups is 3. The maximum Gasteiger partial charge on any atom is 0.335 e. The molecular formula is C40H45BrFN3O8. The molecular weight excluding hydrogens is 749 g/mol. The van der Waals surface area contributed by atoms with Gasteiger partial charge in [0.25, 0.3) is 11.8 Å².